The molecule has 74 valence electrons. The van der Waals surface area contributed by atoms with Crippen LogP contribution in [0.3, 0.4) is 0 Å². The minimum Gasteiger partial charge on any atom is -0.317 e. The fourth-order valence-electron chi connectivity index (χ4n) is 1.50. The highest BCUT2D eigenvalue weighted by Gasteiger charge is 2.43. The standard InChI is InChI=1S/C8H15N3OS/c1-3-5-6(12)4-7(2,9)13-8(5,10)11/h3H,4,9-11H2,1-2H3/b5-3-. The van der Waals surface area contributed by atoms with Gasteiger partial charge in [0.05, 0.1) is 4.87 Å². The maximum atomic E-state index is 11.5. The molecule has 0 aromatic heterocycles. The Morgan fingerprint density at radius 2 is 2.00 bits per heavy atom. The van der Waals surface area contributed by atoms with Gasteiger partial charge in [0.15, 0.2) is 5.78 Å². The topological polar surface area (TPSA) is 95.1 Å². The smallest absolute Gasteiger partial charge is 0.165 e. The summed E-state index contributed by atoms with van der Waals surface area (Å²) in [4.78, 5) is 9.73. The van der Waals surface area contributed by atoms with Crippen LogP contribution in [0.15, 0.2) is 11.6 Å². The first-order valence-electron chi connectivity index (χ1n) is 4.05. The summed E-state index contributed by atoms with van der Waals surface area (Å²) in [5.41, 5.74) is 17.8. The molecule has 5 heteroatoms. The van der Waals surface area contributed by atoms with Crippen LogP contribution in [0.4, 0.5) is 0 Å². The van der Waals surface area contributed by atoms with Crippen molar-refractivity contribution in [3.8, 4) is 0 Å². The largest absolute Gasteiger partial charge is 0.317 e. The summed E-state index contributed by atoms with van der Waals surface area (Å²) < 4.78 is 0. The Morgan fingerprint density at radius 3 is 2.38 bits per heavy atom. The van der Waals surface area contributed by atoms with E-state index < -0.39 is 9.87 Å². The highest BCUT2D eigenvalue weighted by Crippen LogP contribution is 2.39. The molecule has 1 aliphatic rings. The second-order valence-corrected chi connectivity index (χ2v) is 5.32. The molecule has 1 heterocycles. The molecule has 0 aromatic rings. The molecule has 1 fully saturated rings. The lowest BCUT2D eigenvalue weighted by Gasteiger charge is -2.39. The molecule has 13 heavy (non-hydrogen) atoms. The Balaban J connectivity index is 3.03. The molecule has 1 saturated heterocycles. The number of Topliss-reactive ketones (excluding diaryl/α,β-unsaturated/α-hetero) is 1. The molecule has 6 N–H and O–H groups in total. The Bertz CT molecular complexity index is 271. The third-order valence-electron chi connectivity index (χ3n) is 1.92. The van der Waals surface area contributed by atoms with Gasteiger partial charge in [-0.15, -0.1) is 0 Å². The van der Waals surface area contributed by atoms with Gasteiger partial charge in [-0.2, -0.15) is 0 Å². The van der Waals surface area contributed by atoms with Crippen molar-refractivity contribution in [3.63, 3.8) is 0 Å². The average Bonchev–Trinajstić information content (AvgIpc) is 1.79. The number of allylic oxidation sites excluding steroid dienone is 1. The van der Waals surface area contributed by atoms with Crippen molar-refractivity contribution in [2.75, 3.05) is 0 Å². The summed E-state index contributed by atoms with van der Waals surface area (Å²) in [5.74, 6) is -0.0590. The molecule has 4 nitrogen and oxygen atoms in total. The molecule has 0 aromatic carbocycles. The minimum atomic E-state index is -1.15. The lowest BCUT2D eigenvalue weighted by molar-refractivity contribution is -0.116. The number of rotatable bonds is 0. The van der Waals surface area contributed by atoms with Crippen molar-refractivity contribution >= 4 is 17.5 Å². The molecule has 1 atom stereocenters. The van der Waals surface area contributed by atoms with Crippen LogP contribution in [0.1, 0.15) is 20.3 Å². The second-order valence-electron chi connectivity index (χ2n) is 3.51. The van der Waals surface area contributed by atoms with E-state index in [1.165, 1.54) is 11.8 Å². The fourth-order valence-corrected chi connectivity index (χ4v) is 2.81. The van der Waals surface area contributed by atoms with E-state index in [4.69, 9.17) is 17.2 Å². The van der Waals surface area contributed by atoms with Gasteiger partial charge in [-0.1, -0.05) is 17.8 Å². The summed E-state index contributed by atoms with van der Waals surface area (Å²) >= 11 is 1.23. The maximum absolute atomic E-state index is 11.5. The van der Waals surface area contributed by atoms with Gasteiger partial charge in [0.2, 0.25) is 0 Å². The summed E-state index contributed by atoms with van der Waals surface area (Å²) in [5, 5.41) is 0. The van der Waals surface area contributed by atoms with Gasteiger partial charge in [0.25, 0.3) is 0 Å². The van der Waals surface area contributed by atoms with E-state index in [1.807, 2.05) is 0 Å². The summed E-state index contributed by atoms with van der Waals surface area (Å²) in [6.45, 7) is 3.51. The molecule has 0 aliphatic carbocycles. The van der Waals surface area contributed by atoms with E-state index in [-0.39, 0.29) is 12.2 Å². The summed E-state index contributed by atoms with van der Waals surface area (Å²) in [6.07, 6.45) is 1.94. The Morgan fingerprint density at radius 1 is 1.46 bits per heavy atom. The van der Waals surface area contributed by atoms with Crippen molar-refractivity contribution in [3.05, 3.63) is 11.6 Å². The van der Waals surface area contributed by atoms with Crippen molar-refractivity contribution in [2.45, 2.75) is 30.1 Å². The highest BCUT2D eigenvalue weighted by atomic mass is 32.2. The van der Waals surface area contributed by atoms with Crippen LogP contribution in [-0.2, 0) is 4.79 Å². The molecule has 0 bridgehead atoms. The quantitative estimate of drug-likeness (QED) is 0.375. The van der Waals surface area contributed by atoms with Gasteiger partial charge < -0.3 is 17.2 Å². The zero-order valence-electron chi connectivity index (χ0n) is 7.83. The molecule has 1 aliphatic heterocycles. The summed E-state index contributed by atoms with van der Waals surface area (Å²) in [7, 11) is 0. The van der Waals surface area contributed by atoms with Crippen LogP contribution >= 0.6 is 11.8 Å². The van der Waals surface area contributed by atoms with E-state index in [0.717, 1.165) is 0 Å². The summed E-state index contributed by atoms with van der Waals surface area (Å²) in [6, 6.07) is 0. The van der Waals surface area contributed by atoms with Crippen molar-refractivity contribution in [1.29, 1.82) is 0 Å². The van der Waals surface area contributed by atoms with E-state index >= 15 is 0 Å². The van der Waals surface area contributed by atoms with E-state index in [2.05, 4.69) is 0 Å². The van der Waals surface area contributed by atoms with Gasteiger partial charge in [-0.25, -0.2) is 0 Å². The van der Waals surface area contributed by atoms with Crippen LogP contribution in [0, 0.1) is 0 Å². The van der Waals surface area contributed by atoms with E-state index in [0.29, 0.717) is 5.57 Å². The van der Waals surface area contributed by atoms with Gasteiger partial charge >= 0.3 is 0 Å². The molecule has 0 radical (unpaired) electrons. The number of hydrogen-bond donors (Lipinski definition) is 3. The lowest BCUT2D eigenvalue weighted by Crippen LogP contribution is -2.59. The first-order valence-corrected chi connectivity index (χ1v) is 4.87. The molecule has 0 spiro atoms. The number of carbonyl (C=O) groups excluding carboxylic acids is 1. The Kier molecular flexibility index (Phi) is 2.55. The Hall–Kier alpha value is -0.360. The van der Waals surface area contributed by atoms with Crippen LogP contribution in [0.2, 0.25) is 0 Å². The zero-order valence-corrected chi connectivity index (χ0v) is 8.65. The Labute approximate surface area is 81.9 Å². The van der Waals surface area contributed by atoms with Crippen molar-refractivity contribution in [2.24, 2.45) is 17.2 Å². The monoisotopic (exact) mass is 201 g/mol. The second kappa shape index (κ2) is 3.09. The highest BCUT2D eigenvalue weighted by molar-refractivity contribution is 8.02. The third-order valence-corrected chi connectivity index (χ3v) is 3.09. The third kappa shape index (κ3) is 2.11. The van der Waals surface area contributed by atoms with Gasteiger partial charge in [-0.3, -0.25) is 4.79 Å². The molecule has 1 rings (SSSR count). The van der Waals surface area contributed by atoms with Gasteiger partial charge in [-0.05, 0) is 13.8 Å². The predicted octanol–water partition coefficient (Wildman–Crippen LogP) is -0.115. The van der Waals surface area contributed by atoms with Gasteiger partial charge in [0.1, 0.15) is 4.99 Å². The van der Waals surface area contributed by atoms with E-state index in [9.17, 15) is 4.79 Å². The maximum Gasteiger partial charge on any atom is 0.165 e. The molecular weight excluding hydrogens is 186 g/mol. The number of nitrogens with two attached hydrogens (primary N) is 3. The van der Waals surface area contributed by atoms with Crippen molar-refractivity contribution < 1.29 is 4.79 Å². The molecule has 0 saturated carbocycles. The van der Waals surface area contributed by atoms with Crippen LogP contribution in [0.5, 0.6) is 0 Å². The average molecular weight is 201 g/mol. The van der Waals surface area contributed by atoms with Crippen molar-refractivity contribution in [1.82, 2.24) is 0 Å². The SMILES string of the molecule is C/C=C1/C(=O)CC(C)(N)SC1(N)N. The fraction of sp³-hybridized carbons (Fsp3) is 0.625. The van der Waals surface area contributed by atoms with Crippen LogP contribution in [-0.4, -0.2) is 15.6 Å². The number of thioether (sulfide) groups is 1. The van der Waals surface area contributed by atoms with Gasteiger partial charge in [0, 0.05) is 12.0 Å². The number of ketones is 1. The minimum absolute atomic E-state index is 0.0590. The number of carbonyl (C=O) groups is 1. The first-order chi connectivity index (χ1) is 5.78. The number of hydrogen-bond acceptors (Lipinski definition) is 5. The molecule has 1 unspecified atom stereocenters. The van der Waals surface area contributed by atoms with Crippen LogP contribution in [0.25, 0.3) is 0 Å². The first kappa shape index (κ1) is 10.7. The van der Waals surface area contributed by atoms with Crippen LogP contribution < -0.4 is 17.2 Å². The lowest BCUT2D eigenvalue weighted by atomic mass is 10.0. The van der Waals surface area contributed by atoms with E-state index in [1.54, 1.807) is 19.9 Å². The molecule has 0 amide bonds. The molecular formula is C8H15N3OS. The predicted molar refractivity (Wildman–Crippen MR) is 54.7 cm³/mol. The normalized spacial score (nSPS) is 36.7. The zero-order chi connectivity index (χ0) is 10.3.